The molecule has 1 fully saturated rings. The highest BCUT2D eigenvalue weighted by molar-refractivity contribution is 5.76. The van der Waals surface area contributed by atoms with Crippen molar-refractivity contribution < 1.29 is 4.79 Å². The van der Waals surface area contributed by atoms with E-state index < -0.39 is 0 Å². The van der Waals surface area contributed by atoms with E-state index in [9.17, 15) is 4.79 Å². The molecule has 4 nitrogen and oxygen atoms in total. The Morgan fingerprint density at radius 3 is 2.63 bits per heavy atom. The van der Waals surface area contributed by atoms with Gasteiger partial charge in [-0.2, -0.15) is 0 Å². The average molecular weight is 263 g/mol. The highest BCUT2D eigenvalue weighted by Gasteiger charge is 2.16. The number of aromatic nitrogens is 1. The van der Waals surface area contributed by atoms with Gasteiger partial charge in [0.15, 0.2) is 0 Å². The first kappa shape index (κ1) is 14.1. The topological polar surface area (TPSA) is 37.3 Å². The number of rotatable bonds is 4. The van der Waals surface area contributed by atoms with Crippen molar-refractivity contribution in [3.63, 3.8) is 0 Å². The number of hydrogen-bond acceptors (Lipinski definition) is 2. The molecule has 1 amide bonds. The second-order valence-electron chi connectivity index (χ2n) is 5.42. The molecule has 19 heavy (non-hydrogen) atoms. The largest absolute Gasteiger partial charge is 0.345 e. The van der Waals surface area contributed by atoms with Crippen molar-refractivity contribution in [2.45, 2.75) is 45.2 Å². The fourth-order valence-electron chi connectivity index (χ4n) is 2.56. The molecule has 1 N–H and O–H groups in total. The lowest BCUT2D eigenvalue weighted by Crippen LogP contribution is -2.34. The van der Waals surface area contributed by atoms with Gasteiger partial charge in [-0.25, -0.2) is 0 Å². The first-order chi connectivity index (χ1) is 9.20. The predicted octanol–water partition coefficient (Wildman–Crippen LogP) is 2.17. The highest BCUT2D eigenvalue weighted by atomic mass is 16.2. The maximum absolute atomic E-state index is 12.3. The van der Waals surface area contributed by atoms with Gasteiger partial charge in [-0.15, -0.1) is 0 Å². The zero-order chi connectivity index (χ0) is 13.7. The highest BCUT2D eigenvalue weighted by Crippen LogP contribution is 2.13. The molecule has 2 rings (SSSR count). The van der Waals surface area contributed by atoms with E-state index in [1.54, 1.807) is 0 Å². The quantitative estimate of drug-likeness (QED) is 0.904. The molecule has 0 radical (unpaired) electrons. The SMILES string of the molecule is CNC(C)c1ccn(CC(=O)N2CCCCCC2)c1. The summed E-state index contributed by atoms with van der Waals surface area (Å²) >= 11 is 0. The van der Waals surface area contributed by atoms with Gasteiger partial charge in [0.25, 0.3) is 0 Å². The van der Waals surface area contributed by atoms with Crippen LogP contribution in [0.1, 0.15) is 44.2 Å². The van der Waals surface area contributed by atoms with Gasteiger partial charge >= 0.3 is 0 Å². The summed E-state index contributed by atoms with van der Waals surface area (Å²) in [6.07, 6.45) is 8.89. The van der Waals surface area contributed by atoms with Crippen molar-refractivity contribution >= 4 is 5.91 Å². The Kier molecular flexibility index (Phi) is 5.02. The van der Waals surface area contributed by atoms with Gasteiger partial charge in [-0.1, -0.05) is 12.8 Å². The van der Waals surface area contributed by atoms with Crippen LogP contribution in [0.5, 0.6) is 0 Å². The number of nitrogens with zero attached hydrogens (tertiary/aromatic N) is 2. The Bertz CT molecular complexity index is 405. The molecule has 0 spiro atoms. The first-order valence-electron chi connectivity index (χ1n) is 7.31. The number of likely N-dealkylation sites (tertiary alicyclic amines) is 1. The third-order valence-electron chi connectivity index (χ3n) is 3.98. The van der Waals surface area contributed by atoms with Crippen LogP contribution >= 0.6 is 0 Å². The molecular weight excluding hydrogens is 238 g/mol. The lowest BCUT2D eigenvalue weighted by molar-refractivity contribution is -0.131. The Morgan fingerprint density at radius 1 is 1.32 bits per heavy atom. The number of hydrogen-bond donors (Lipinski definition) is 1. The summed E-state index contributed by atoms with van der Waals surface area (Å²) < 4.78 is 2.00. The Hall–Kier alpha value is -1.29. The van der Waals surface area contributed by atoms with Gasteiger partial charge < -0.3 is 14.8 Å². The zero-order valence-corrected chi connectivity index (χ0v) is 12.1. The van der Waals surface area contributed by atoms with Gasteiger partial charge in [-0.05, 0) is 38.4 Å². The van der Waals surface area contributed by atoms with Gasteiger partial charge in [0.1, 0.15) is 6.54 Å². The minimum atomic E-state index is 0.251. The van der Waals surface area contributed by atoms with Crippen molar-refractivity contribution in [3.8, 4) is 0 Å². The van der Waals surface area contributed by atoms with Gasteiger partial charge in [-0.3, -0.25) is 4.79 Å². The second-order valence-corrected chi connectivity index (χ2v) is 5.42. The fraction of sp³-hybridized carbons (Fsp3) is 0.667. The van der Waals surface area contributed by atoms with Gasteiger partial charge in [0, 0.05) is 31.5 Å². The summed E-state index contributed by atoms with van der Waals surface area (Å²) in [5, 5.41) is 3.21. The molecular formula is C15H25N3O. The summed E-state index contributed by atoms with van der Waals surface area (Å²) in [5.74, 6) is 0.251. The summed E-state index contributed by atoms with van der Waals surface area (Å²) in [6.45, 7) is 4.45. The lowest BCUT2D eigenvalue weighted by atomic mass is 10.2. The third kappa shape index (κ3) is 3.83. The molecule has 0 aromatic carbocycles. The minimum Gasteiger partial charge on any atom is -0.345 e. The molecule has 1 aromatic heterocycles. The van der Waals surface area contributed by atoms with E-state index >= 15 is 0 Å². The van der Waals surface area contributed by atoms with Crippen LogP contribution in [0.4, 0.5) is 0 Å². The van der Waals surface area contributed by atoms with E-state index in [0.29, 0.717) is 12.6 Å². The van der Waals surface area contributed by atoms with Crippen molar-refractivity contribution in [2.75, 3.05) is 20.1 Å². The number of carbonyl (C=O) groups excluding carboxylic acids is 1. The molecule has 0 aliphatic carbocycles. The van der Waals surface area contributed by atoms with Crippen molar-refractivity contribution in [2.24, 2.45) is 0 Å². The molecule has 0 saturated carbocycles. The van der Waals surface area contributed by atoms with Crippen molar-refractivity contribution in [1.82, 2.24) is 14.8 Å². The maximum Gasteiger partial charge on any atom is 0.242 e. The van der Waals surface area contributed by atoms with E-state index in [1.165, 1.54) is 18.4 Å². The zero-order valence-electron chi connectivity index (χ0n) is 12.1. The molecule has 106 valence electrons. The Morgan fingerprint density at radius 2 is 2.00 bits per heavy atom. The van der Waals surface area contributed by atoms with E-state index in [0.717, 1.165) is 25.9 Å². The molecule has 1 saturated heterocycles. The van der Waals surface area contributed by atoms with Crippen LogP contribution in [0, 0.1) is 0 Å². The number of nitrogens with one attached hydrogen (secondary N) is 1. The standard InChI is InChI=1S/C15H25N3O/c1-13(16-2)14-7-10-17(11-14)12-15(19)18-8-5-3-4-6-9-18/h7,10-11,13,16H,3-6,8-9,12H2,1-2H3. The smallest absolute Gasteiger partial charge is 0.242 e. The van der Waals surface area contributed by atoms with Crippen LogP contribution in [-0.4, -0.2) is 35.5 Å². The van der Waals surface area contributed by atoms with Crippen LogP contribution in [0.25, 0.3) is 0 Å². The summed E-state index contributed by atoms with van der Waals surface area (Å²) in [6, 6.07) is 2.41. The van der Waals surface area contributed by atoms with Gasteiger partial charge in [0.05, 0.1) is 0 Å². The summed E-state index contributed by atoms with van der Waals surface area (Å²) in [7, 11) is 1.95. The minimum absolute atomic E-state index is 0.251. The van der Waals surface area contributed by atoms with E-state index in [2.05, 4.69) is 24.5 Å². The van der Waals surface area contributed by atoms with E-state index in [-0.39, 0.29) is 5.91 Å². The second kappa shape index (κ2) is 6.75. The third-order valence-corrected chi connectivity index (χ3v) is 3.98. The molecule has 4 heteroatoms. The molecule has 2 heterocycles. The predicted molar refractivity (Wildman–Crippen MR) is 77.0 cm³/mol. The van der Waals surface area contributed by atoms with Gasteiger partial charge in [0.2, 0.25) is 5.91 Å². The normalized spacial score (nSPS) is 18.1. The summed E-state index contributed by atoms with van der Waals surface area (Å²) in [5.41, 5.74) is 1.23. The average Bonchev–Trinajstić information content (AvgIpc) is 2.71. The Labute approximate surface area is 115 Å². The van der Waals surface area contributed by atoms with Crippen LogP contribution in [0.3, 0.4) is 0 Å². The van der Waals surface area contributed by atoms with Crippen LogP contribution in [0.2, 0.25) is 0 Å². The molecule has 1 aliphatic rings. The van der Waals surface area contributed by atoms with Crippen molar-refractivity contribution in [3.05, 3.63) is 24.0 Å². The fourth-order valence-corrected chi connectivity index (χ4v) is 2.56. The van der Waals surface area contributed by atoms with E-state index in [1.807, 2.05) is 22.7 Å². The molecule has 1 aromatic rings. The Balaban J connectivity index is 1.92. The molecule has 0 bridgehead atoms. The number of carbonyl (C=O) groups is 1. The van der Waals surface area contributed by atoms with Crippen LogP contribution < -0.4 is 5.32 Å². The number of amides is 1. The first-order valence-corrected chi connectivity index (χ1v) is 7.31. The van der Waals surface area contributed by atoms with E-state index in [4.69, 9.17) is 0 Å². The summed E-state index contributed by atoms with van der Waals surface area (Å²) in [4.78, 5) is 14.3. The lowest BCUT2D eigenvalue weighted by Gasteiger charge is -2.20. The molecule has 1 atom stereocenters. The molecule has 1 unspecified atom stereocenters. The van der Waals surface area contributed by atoms with Crippen LogP contribution in [-0.2, 0) is 11.3 Å². The monoisotopic (exact) mass is 263 g/mol. The van der Waals surface area contributed by atoms with Crippen LogP contribution in [0.15, 0.2) is 18.5 Å². The maximum atomic E-state index is 12.3. The molecule has 1 aliphatic heterocycles. The van der Waals surface area contributed by atoms with Crippen molar-refractivity contribution in [1.29, 1.82) is 0 Å².